The fourth-order valence-electron chi connectivity index (χ4n) is 2.78. The summed E-state index contributed by atoms with van der Waals surface area (Å²) in [6.45, 7) is 2.82. The molecule has 0 fully saturated rings. The van der Waals surface area contributed by atoms with Gasteiger partial charge in [0.1, 0.15) is 23.7 Å². The third-order valence-electron chi connectivity index (χ3n) is 3.80. The van der Waals surface area contributed by atoms with E-state index in [0.29, 0.717) is 17.9 Å². The molecule has 0 amide bonds. The van der Waals surface area contributed by atoms with Gasteiger partial charge in [0.2, 0.25) is 0 Å². The van der Waals surface area contributed by atoms with Crippen molar-refractivity contribution in [1.82, 2.24) is 9.78 Å². The zero-order valence-electron chi connectivity index (χ0n) is 12.3. The van der Waals surface area contributed by atoms with Crippen LogP contribution in [0.15, 0.2) is 30.5 Å². The van der Waals surface area contributed by atoms with E-state index in [4.69, 9.17) is 9.47 Å². The molecule has 21 heavy (non-hydrogen) atoms. The molecule has 112 valence electrons. The molecular formula is C16H20N2O3. The van der Waals surface area contributed by atoms with E-state index in [1.54, 1.807) is 18.0 Å². The van der Waals surface area contributed by atoms with Crippen LogP contribution in [0.5, 0.6) is 11.5 Å². The predicted octanol–water partition coefficient (Wildman–Crippen LogP) is 2.34. The van der Waals surface area contributed by atoms with Crippen LogP contribution in [0, 0.1) is 0 Å². The first-order valence-corrected chi connectivity index (χ1v) is 7.27. The zero-order valence-corrected chi connectivity index (χ0v) is 12.3. The van der Waals surface area contributed by atoms with Crippen LogP contribution >= 0.6 is 0 Å². The molecule has 0 saturated carbocycles. The molecule has 1 aliphatic heterocycles. The first-order valence-electron chi connectivity index (χ1n) is 7.27. The Hall–Kier alpha value is -2.01. The highest BCUT2D eigenvalue weighted by molar-refractivity contribution is 5.39. The first kappa shape index (κ1) is 13.9. The van der Waals surface area contributed by atoms with Crippen molar-refractivity contribution >= 4 is 0 Å². The monoisotopic (exact) mass is 288 g/mol. The van der Waals surface area contributed by atoms with Gasteiger partial charge in [0.25, 0.3) is 0 Å². The normalized spacial score (nSPS) is 18.1. The molecule has 0 aliphatic carbocycles. The number of methoxy groups -OCH3 is 1. The van der Waals surface area contributed by atoms with Crippen LogP contribution in [0.1, 0.15) is 30.7 Å². The summed E-state index contributed by atoms with van der Waals surface area (Å²) in [5.74, 6) is 1.46. The van der Waals surface area contributed by atoms with Crippen LogP contribution in [0.3, 0.4) is 0 Å². The van der Waals surface area contributed by atoms with Crippen molar-refractivity contribution in [3.05, 3.63) is 41.7 Å². The maximum atomic E-state index is 10.7. The predicted molar refractivity (Wildman–Crippen MR) is 78.6 cm³/mol. The van der Waals surface area contributed by atoms with Gasteiger partial charge in [0.05, 0.1) is 13.3 Å². The Morgan fingerprint density at radius 1 is 1.48 bits per heavy atom. The minimum atomic E-state index is -0.763. The van der Waals surface area contributed by atoms with Crippen molar-refractivity contribution < 1.29 is 14.6 Å². The summed E-state index contributed by atoms with van der Waals surface area (Å²) in [6.07, 6.45) is 2.22. The lowest BCUT2D eigenvalue weighted by Crippen LogP contribution is -2.26. The molecule has 2 atom stereocenters. The van der Waals surface area contributed by atoms with Gasteiger partial charge in [-0.3, -0.25) is 4.68 Å². The number of aromatic nitrogens is 2. The zero-order chi connectivity index (χ0) is 14.8. The number of nitrogens with zero attached hydrogens (tertiary/aromatic N) is 2. The molecule has 2 unspecified atom stereocenters. The third kappa shape index (κ3) is 2.49. The standard InChI is InChI=1S/C16H20N2O3/c1-3-8-18-15(14(20-2)10-17-18)16(19)13-9-11-6-4-5-7-12(11)21-13/h4-7,10,13,16,19H,3,8-9H2,1-2H3. The minimum Gasteiger partial charge on any atom is -0.493 e. The Balaban J connectivity index is 1.86. The fraction of sp³-hybridized carbons (Fsp3) is 0.438. The summed E-state index contributed by atoms with van der Waals surface area (Å²) < 4.78 is 13.0. The molecule has 0 saturated heterocycles. The van der Waals surface area contributed by atoms with E-state index in [9.17, 15) is 5.11 Å². The molecule has 5 heteroatoms. The number of para-hydroxylation sites is 1. The lowest BCUT2D eigenvalue weighted by molar-refractivity contribution is 0.0411. The molecule has 5 nitrogen and oxygen atoms in total. The number of aliphatic hydroxyl groups excluding tert-OH is 1. The summed E-state index contributed by atoms with van der Waals surface area (Å²) in [5.41, 5.74) is 1.82. The molecular weight excluding hydrogens is 268 g/mol. The van der Waals surface area contributed by atoms with Gasteiger partial charge < -0.3 is 14.6 Å². The van der Waals surface area contributed by atoms with E-state index in [-0.39, 0.29) is 6.10 Å². The number of ether oxygens (including phenoxy) is 2. The number of hydrogen-bond acceptors (Lipinski definition) is 4. The van der Waals surface area contributed by atoms with Gasteiger partial charge in [0.15, 0.2) is 5.75 Å². The van der Waals surface area contributed by atoms with E-state index in [1.165, 1.54) is 0 Å². The highest BCUT2D eigenvalue weighted by atomic mass is 16.5. The number of benzene rings is 1. The Labute approximate surface area is 124 Å². The van der Waals surface area contributed by atoms with Crippen LogP contribution in [0.25, 0.3) is 0 Å². The number of aryl methyl sites for hydroxylation is 1. The maximum absolute atomic E-state index is 10.7. The van der Waals surface area contributed by atoms with Gasteiger partial charge in [-0.25, -0.2) is 0 Å². The van der Waals surface area contributed by atoms with Crippen molar-refractivity contribution in [3.63, 3.8) is 0 Å². The molecule has 1 N–H and O–H groups in total. The molecule has 0 spiro atoms. The molecule has 1 aliphatic rings. The van der Waals surface area contributed by atoms with E-state index in [1.807, 2.05) is 24.3 Å². The van der Waals surface area contributed by atoms with Crippen LogP contribution < -0.4 is 9.47 Å². The Morgan fingerprint density at radius 3 is 3.00 bits per heavy atom. The molecule has 0 radical (unpaired) electrons. The highest BCUT2D eigenvalue weighted by Crippen LogP contribution is 2.36. The summed E-state index contributed by atoms with van der Waals surface area (Å²) in [6, 6.07) is 7.89. The molecule has 0 bridgehead atoms. The highest BCUT2D eigenvalue weighted by Gasteiger charge is 2.34. The van der Waals surface area contributed by atoms with Gasteiger partial charge in [-0.05, 0) is 18.1 Å². The van der Waals surface area contributed by atoms with Crippen molar-refractivity contribution in [2.45, 2.75) is 38.5 Å². The molecule has 2 heterocycles. The van der Waals surface area contributed by atoms with E-state index in [2.05, 4.69) is 12.0 Å². The summed E-state index contributed by atoms with van der Waals surface area (Å²) >= 11 is 0. The van der Waals surface area contributed by atoms with Crippen LogP contribution in [-0.2, 0) is 13.0 Å². The van der Waals surface area contributed by atoms with Crippen molar-refractivity contribution in [3.8, 4) is 11.5 Å². The number of aliphatic hydroxyl groups is 1. The second kappa shape index (κ2) is 5.77. The summed E-state index contributed by atoms with van der Waals surface area (Å²) in [4.78, 5) is 0. The quantitative estimate of drug-likeness (QED) is 0.917. The van der Waals surface area contributed by atoms with Gasteiger partial charge in [-0.1, -0.05) is 25.1 Å². The largest absolute Gasteiger partial charge is 0.493 e. The summed E-state index contributed by atoms with van der Waals surface area (Å²) in [7, 11) is 1.59. The molecule has 1 aromatic heterocycles. The Morgan fingerprint density at radius 2 is 2.29 bits per heavy atom. The Kier molecular flexibility index (Phi) is 3.84. The minimum absolute atomic E-state index is 0.302. The van der Waals surface area contributed by atoms with Gasteiger partial charge in [0, 0.05) is 13.0 Å². The van der Waals surface area contributed by atoms with E-state index >= 15 is 0 Å². The number of fused-ring (bicyclic) bond motifs is 1. The maximum Gasteiger partial charge on any atom is 0.162 e. The molecule has 2 aromatic rings. The average Bonchev–Trinajstić information content (AvgIpc) is 3.10. The van der Waals surface area contributed by atoms with E-state index in [0.717, 1.165) is 24.3 Å². The van der Waals surface area contributed by atoms with Crippen molar-refractivity contribution in [2.75, 3.05) is 7.11 Å². The SMILES string of the molecule is CCCn1ncc(OC)c1C(O)C1Cc2ccccc2O1. The number of hydrogen-bond donors (Lipinski definition) is 1. The van der Waals surface area contributed by atoms with Crippen molar-refractivity contribution in [1.29, 1.82) is 0 Å². The topological polar surface area (TPSA) is 56.5 Å². The lowest BCUT2D eigenvalue weighted by atomic mass is 10.0. The second-order valence-electron chi connectivity index (χ2n) is 5.23. The fourth-order valence-corrected chi connectivity index (χ4v) is 2.78. The second-order valence-corrected chi connectivity index (χ2v) is 5.23. The van der Waals surface area contributed by atoms with Gasteiger partial charge in [-0.15, -0.1) is 0 Å². The Bertz CT molecular complexity index is 599. The van der Waals surface area contributed by atoms with Gasteiger partial charge in [-0.2, -0.15) is 5.10 Å². The number of rotatable bonds is 5. The van der Waals surface area contributed by atoms with Gasteiger partial charge >= 0.3 is 0 Å². The van der Waals surface area contributed by atoms with Crippen LogP contribution in [-0.4, -0.2) is 28.1 Å². The lowest BCUT2D eigenvalue weighted by Gasteiger charge is -2.20. The molecule has 1 aromatic carbocycles. The van der Waals surface area contributed by atoms with E-state index < -0.39 is 6.10 Å². The smallest absolute Gasteiger partial charge is 0.162 e. The average molecular weight is 288 g/mol. The third-order valence-corrected chi connectivity index (χ3v) is 3.80. The molecule has 3 rings (SSSR count). The van der Waals surface area contributed by atoms with Crippen LogP contribution in [0.4, 0.5) is 0 Å². The van der Waals surface area contributed by atoms with Crippen LogP contribution in [0.2, 0.25) is 0 Å². The first-order chi connectivity index (χ1) is 10.2. The van der Waals surface area contributed by atoms with Crippen molar-refractivity contribution in [2.24, 2.45) is 0 Å². The summed E-state index contributed by atoms with van der Waals surface area (Å²) in [5, 5.41) is 15.0.